The van der Waals surface area contributed by atoms with E-state index in [0.717, 1.165) is 22.3 Å². The molecule has 0 unspecified atom stereocenters. The topological polar surface area (TPSA) is 159 Å². The van der Waals surface area contributed by atoms with Gasteiger partial charge in [0.25, 0.3) is 0 Å². The second-order valence-corrected chi connectivity index (χ2v) is 12.1. The number of rotatable bonds is 13. The summed E-state index contributed by atoms with van der Waals surface area (Å²) in [6.45, 7) is 2.09. The maximum Gasteiger partial charge on any atom is 0.325 e. The van der Waals surface area contributed by atoms with E-state index in [1.807, 2.05) is 53.4 Å². The molecule has 0 radical (unpaired) electrons. The first-order valence-electron chi connectivity index (χ1n) is 10.6. The van der Waals surface area contributed by atoms with Gasteiger partial charge in [0.05, 0.1) is 31.1 Å². The lowest BCUT2D eigenvalue weighted by atomic mass is 9.99. The van der Waals surface area contributed by atoms with Gasteiger partial charge in [0.15, 0.2) is 0 Å². The summed E-state index contributed by atoms with van der Waals surface area (Å²) >= 11 is 0. The molecule has 0 aliphatic rings. The molecule has 0 atom stereocenters. The lowest BCUT2D eigenvalue weighted by molar-refractivity contribution is -0.0114. The molecule has 0 amide bonds. The van der Waals surface area contributed by atoms with Gasteiger partial charge in [0, 0.05) is 13.1 Å². The molecule has 9 nitrogen and oxygen atoms in total. The van der Waals surface area contributed by atoms with Gasteiger partial charge in [-0.05, 0) is 42.0 Å². The van der Waals surface area contributed by atoms with E-state index in [0.29, 0.717) is 13.1 Å². The standard InChI is InChI=1S/C22H33NO8P2/c1-22(16-24,17-25)23(14-20-6-2-18(3-7-20)10-12-32(26,27)28)15-21-8-4-19(5-9-21)11-13-33(29,30)31/h2-9,24-25H,10-17H2,1H3,(H2,26,27,28)(H2,29,30,31). The van der Waals surface area contributed by atoms with Gasteiger partial charge in [-0.25, -0.2) is 0 Å². The van der Waals surface area contributed by atoms with E-state index in [9.17, 15) is 19.3 Å². The SMILES string of the molecule is CC(CO)(CO)N(Cc1ccc(CCP(=O)(O)O)cc1)Cc1ccc(CCP(=O)(O)O)cc1. The van der Waals surface area contributed by atoms with E-state index in [1.54, 1.807) is 6.92 Å². The maximum absolute atomic E-state index is 11.1. The van der Waals surface area contributed by atoms with Crippen molar-refractivity contribution < 1.29 is 38.9 Å². The molecule has 6 N–H and O–H groups in total. The fraction of sp³-hybridized carbons (Fsp3) is 0.455. The van der Waals surface area contributed by atoms with Crippen LogP contribution >= 0.6 is 15.2 Å². The van der Waals surface area contributed by atoms with Crippen LogP contribution in [0.25, 0.3) is 0 Å². The molecule has 0 fully saturated rings. The Morgan fingerprint density at radius 2 is 0.970 bits per heavy atom. The zero-order chi connectivity index (χ0) is 24.7. The van der Waals surface area contributed by atoms with Crippen LogP contribution in [0.2, 0.25) is 0 Å². The van der Waals surface area contributed by atoms with Crippen molar-refractivity contribution in [2.45, 2.75) is 38.4 Å². The normalized spacial score (nSPS) is 13.0. The number of aliphatic hydroxyl groups is 2. The van der Waals surface area contributed by atoms with Gasteiger partial charge >= 0.3 is 15.2 Å². The van der Waals surface area contributed by atoms with Crippen molar-refractivity contribution in [3.05, 3.63) is 70.8 Å². The van der Waals surface area contributed by atoms with Crippen molar-refractivity contribution in [1.29, 1.82) is 0 Å². The van der Waals surface area contributed by atoms with E-state index < -0.39 is 20.7 Å². The van der Waals surface area contributed by atoms with E-state index in [2.05, 4.69) is 0 Å². The van der Waals surface area contributed by atoms with Gasteiger partial charge in [0.1, 0.15) is 0 Å². The van der Waals surface area contributed by atoms with Crippen LogP contribution in [-0.4, -0.2) is 65.8 Å². The number of aliphatic hydroxyl groups excluding tert-OH is 2. The Hall–Kier alpha value is -1.38. The Bertz CT molecular complexity index is 893. The van der Waals surface area contributed by atoms with Crippen LogP contribution in [0, 0.1) is 0 Å². The minimum Gasteiger partial charge on any atom is -0.394 e. The molecule has 0 aromatic heterocycles. The molecular weight excluding hydrogens is 468 g/mol. The molecule has 33 heavy (non-hydrogen) atoms. The molecule has 2 aromatic rings. The maximum atomic E-state index is 11.1. The smallest absolute Gasteiger partial charge is 0.325 e. The van der Waals surface area contributed by atoms with Crippen LogP contribution in [-0.2, 0) is 35.1 Å². The first kappa shape index (κ1) is 27.9. The van der Waals surface area contributed by atoms with Gasteiger partial charge in [-0.2, -0.15) is 0 Å². The number of hydrogen-bond acceptors (Lipinski definition) is 5. The summed E-state index contributed by atoms with van der Waals surface area (Å²) in [5.74, 6) is 0. The zero-order valence-corrected chi connectivity index (χ0v) is 20.4. The first-order valence-corrected chi connectivity index (χ1v) is 14.1. The van der Waals surface area contributed by atoms with Crippen molar-refractivity contribution >= 4 is 15.2 Å². The highest BCUT2D eigenvalue weighted by molar-refractivity contribution is 7.52. The predicted octanol–water partition coefficient (Wildman–Crippen LogP) is 1.87. The van der Waals surface area contributed by atoms with Crippen LogP contribution in [0.15, 0.2) is 48.5 Å². The minimum absolute atomic E-state index is 0.213. The minimum atomic E-state index is -4.05. The van der Waals surface area contributed by atoms with Crippen LogP contribution in [0.3, 0.4) is 0 Å². The number of benzene rings is 2. The highest BCUT2D eigenvalue weighted by Gasteiger charge is 2.31. The summed E-state index contributed by atoms with van der Waals surface area (Å²) < 4.78 is 22.1. The van der Waals surface area contributed by atoms with Crippen molar-refractivity contribution in [2.75, 3.05) is 25.5 Å². The Labute approximate surface area is 194 Å². The van der Waals surface area contributed by atoms with Crippen LogP contribution in [0.4, 0.5) is 0 Å². The van der Waals surface area contributed by atoms with E-state index in [4.69, 9.17) is 19.6 Å². The molecule has 2 rings (SSSR count). The molecule has 2 aromatic carbocycles. The fourth-order valence-corrected chi connectivity index (χ4v) is 4.40. The van der Waals surface area contributed by atoms with Crippen LogP contribution in [0.5, 0.6) is 0 Å². The van der Waals surface area contributed by atoms with Gasteiger partial charge in [-0.1, -0.05) is 48.5 Å². The predicted molar refractivity (Wildman–Crippen MR) is 126 cm³/mol. The number of aryl methyl sites for hydroxylation is 2. The molecule has 0 heterocycles. The average molecular weight is 501 g/mol. The zero-order valence-electron chi connectivity index (χ0n) is 18.6. The molecule has 0 aliphatic heterocycles. The van der Waals surface area contributed by atoms with Crippen molar-refractivity contribution in [2.24, 2.45) is 0 Å². The van der Waals surface area contributed by atoms with E-state index in [-0.39, 0.29) is 38.4 Å². The third-order valence-electron chi connectivity index (χ3n) is 5.62. The largest absolute Gasteiger partial charge is 0.394 e. The van der Waals surface area contributed by atoms with Gasteiger partial charge in [0.2, 0.25) is 0 Å². The number of hydrogen-bond donors (Lipinski definition) is 6. The third kappa shape index (κ3) is 9.79. The van der Waals surface area contributed by atoms with Gasteiger partial charge in [-0.15, -0.1) is 0 Å². The molecule has 0 bridgehead atoms. The Kier molecular flexibility index (Phi) is 10.0. The van der Waals surface area contributed by atoms with E-state index in [1.165, 1.54) is 0 Å². The third-order valence-corrected chi connectivity index (χ3v) is 7.23. The Balaban J connectivity index is 2.12. The lowest BCUT2D eigenvalue weighted by Gasteiger charge is -2.39. The molecule has 0 spiro atoms. The highest BCUT2D eigenvalue weighted by Crippen LogP contribution is 2.35. The summed E-state index contributed by atoms with van der Waals surface area (Å²) in [6, 6.07) is 14.7. The van der Waals surface area contributed by atoms with E-state index >= 15 is 0 Å². The Morgan fingerprint density at radius 1 is 0.667 bits per heavy atom. The first-order chi connectivity index (χ1) is 15.3. The summed E-state index contributed by atoms with van der Waals surface area (Å²) in [7, 11) is -8.11. The molecule has 184 valence electrons. The Morgan fingerprint density at radius 3 is 1.24 bits per heavy atom. The van der Waals surface area contributed by atoms with Crippen molar-refractivity contribution in [3.8, 4) is 0 Å². The number of nitrogens with zero attached hydrogens (tertiary/aromatic N) is 1. The average Bonchev–Trinajstić information content (AvgIpc) is 2.76. The van der Waals surface area contributed by atoms with Crippen LogP contribution < -0.4 is 0 Å². The molecule has 0 saturated carbocycles. The molecule has 0 aliphatic carbocycles. The second kappa shape index (κ2) is 11.8. The second-order valence-electron chi connectivity index (χ2n) is 8.58. The quantitative estimate of drug-likeness (QED) is 0.225. The molecular formula is C22H33NO8P2. The highest BCUT2D eigenvalue weighted by atomic mass is 31.2. The molecule has 0 saturated heterocycles. The van der Waals surface area contributed by atoms with Crippen molar-refractivity contribution in [1.82, 2.24) is 4.90 Å². The summed E-state index contributed by atoms with van der Waals surface area (Å²) in [5.41, 5.74) is 2.57. The van der Waals surface area contributed by atoms with Crippen LogP contribution in [0.1, 0.15) is 29.2 Å². The summed E-state index contributed by atoms with van der Waals surface area (Å²) in [5, 5.41) is 19.9. The molecule has 11 heteroatoms. The fourth-order valence-electron chi connectivity index (χ4n) is 3.30. The summed E-state index contributed by atoms with van der Waals surface area (Å²) in [4.78, 5) is 38.1. The van der Waals surface area contributed by atoms with Crippen molar-refractivity contribution in [3.63, 3.8) is 0 Å². The summed E-state index contributed by atoms with van der Waals surface area (Å²) in [6.07, 6.45) is 0.118. The van der Waals surface area contributed by atoms with Gasteiger partial charge in [-0.3, -0.25) is 14.0 Å². The lowest BCUT2D eigenvalue weighted by Crippen LogP contribution is -2.51. The van der Waals surface area contributed by atoms with Gasteiger partial charge < -0.3 is 29.8 Å². The monoisotopic (exact) mass is 501 g/mol.